The number of carbonyl (C=O) groups excluding carboxylic acids is 1. The van der Waals surface area contributed by atoms with Crippen LogP contribution in [0.3, 0.4) is 0 Å². The van der Waals surface area contributed by atoms with Gasteiger partial charge in [-0.05, 0) is 42.3 Å². The summed E-state index contributed by atoms with van der Waals surface area (Å²) in [5.41, 5.74) is 2.63. The van der Waals surface area contributed by atoms with Crippen molar-refractivity contribution in [1.29, 1.82) is 0 Å². The molecule has 0 saturated carbocycles. The quantitative estimate of drug-likeness (QED) is 0.518. The van der Waals surface area contributed by atoms with Crippen LogP contribution in [0.15, 0.2) is 53.5 Å². The van der Waals surface area contributed by atoms with Crippen LogP contribution in [0, 0.1) is 0 Å². The zero-order valence-corrected chi connectivity index (χ0v) is 16.8. The van der Waals surface area contributed by atoms with Gasteiger partial charge < -0.3 is 20.3 Å². The van der Waals surface area contributed by atoms with Gasteiger partial charge in [-0.2, -0.15) is 8.78 Å². The number of amides is 1. The fourth-order valence-corrected chi connectivity index (χ4v) is 2.71. The number of guanidine groups is 1. The summed E-state index contributed by atoms with van der Waals surface area (Å²) in [7, 11) is 1.90. The van der Waals surface area contributed by atoms with Crippen molar-refractivity contribution >= 4 is 17.6 Å². The maximum Gasteiger partial charge on any atom is 0.387 e. The highest BCUT2D eigenvalue weighted by molar-refractivity contribution is 5.88. The summed E-state index contributed by atoms with van der Waals surface area (Å²) in [5.74, 6) is 0.722. The molecule has 29 heavy (non-hydrogen) atoms. The van der Waals surface area contributed by atoms with Gasteiger partial charge in [0, 0.05) is 32.7 Å². The Morgan fingerprint density at radius 1 is 1.17 bits per heavy atom. The number of benzene rings is 2. The van der Waals surface area contributed by atoms with E-state index in [2.05, 4.69) is 20.4 Å². The van der Waals surface area contributed by atoms with Gasteiger partial charge in [-0.25, -0.2) is 4.99 Å². The molecular formula is C21H26F2N4O2. The molecule has 0 saturated heterocycles. The van der Waals surface area contributed by atoms with Crippen molar-refractivity contribution in [3.63, 3.8) is 0 Å². The van der Waals surface area contributed by atoms with Crippen LogP contribution >= 0.6 is 0 Å². The molecule has 0 radical (unpaired) electrons. The molecule has 2 rings (SSSR count). The van der Waals surface area contributed by atoms with Crippen molar-refractivity contribution < 1.29 is 18.3 Å². The van der Waals surface area contributed by atoms with E-state index in [-0.39, 0.29) is 11.7 Å². The molecule has 2 aromatic carbocycles. The van der Waals surface area contributed by atoms with Crippen molar-refractivity contribution in [1.82, 2.24) is 10.2 Å². The second-order valence-corrected chi connectivity index (χ2v) is 6.43. The second kappa shape index (κ2) is 11.0. The summed E-state index contributed by atoms with van der Waals surface area (Å²) in [4.78, 5) is 17.8. The number of rotatable bonds is 8. The maximum absolute atomic E-state index is 12.3. The third kappa shape index (κ3) is 7.77. The van der Waals surface area contributed by atoms with Gasteiger partial charge in [0.05, 0.1) is 6.54 Å². The normalized spacial score (nSPS) is 11.3. The number of hydrogen-bond acceptors (Lipinski definition) is 3. The van der Waals surface area contributed by atoms with E-state index in [1.54, 1.807) is 12.1 Å². The molecule has 6 nitrogen and oxygen atoms in total. The zero-order chi connectivity index (χ0) is 21.2. The number of aliphatic imine (C=N–C) groups is 1. The summed E-state index contributed by atoms with van der Waals surface area (Å²) in [6.07, 6.45) is 0. The van der Waals surface area contributed by atoms with Crippen LogP contribution in [-0.4, -0.2) is 37.0 Å². The highest BCUT2D eigenvalue weighted by atomic mass is 19.3. The molecule has 1 amide bonds. The third-order valence-corrected chi connectivity index (χ3v) is 3.92. The van der Waals surface area contributed by atoms with Gasteiger partial charge in [0.25, 0.3) is 0 Å². The summed E-state index contributed by atoms with van der Waals surface area (Å²) >= 11 is 0. The largest absolute Gasteiger partial charge is 0.435 e. The molecule has 8 heteroatoms. The molecule has 156 valence electrons. The van der Waals surface area contributed by atoms with Crippen LogP contribution in [0.1, 0.15) is 25.0 Å². The average Bonchev–Trinajstić information content (AvgIpc) is 2.66. The van der Waals surface area contributed by atoms with Gasteiger partial charge in [0.15, 0.2) is 5.96 Å². The number of hydrogen-bond donors (Lipinski definition) is 2. The van der Waals surface area contributed by atoms with Crippen molar-refractivity contribution in [2.75, 3.05) is 18.9 Å². The number of carbonyl (C=O) groups is 1. The molecule has 0 heterocycles. The summed E-state index contributed by atoms with van der Waals surface area (Å²) in [5, 5.41) is 6.00. The lowest BCUT2D eigenvalue weighted by Gasteiger charge is -2.22. The Balaban J connectivity index is 2.04. The Hall–Kier alpha value is -3.16. The first-order chi connectivity index (χ1) is 13.9. The highest BCUT2D eigenvalue weighted by Crippen LogP contribution is 2.16. The Bertz CT molecular complexity index is 826. The van der Waals surface area contributed by atoms with Crippen molar-refractivity contribution in [2.45, 2.75) is 33.5 Å². The topological polar surface area (TPSA) is 66.0 Å². The Kier molecular flexibility index (Phi) is 8.39. The molecule has 0 spiro atoms. The van der Waals surface area contributed by atoms with E-state index < -0.39 is 6.61 Å². The van der Waals surface area contributed by atoms with Gasteiger partial charge in [-0.1, -0.05) is 24.3 Å². The van der Waals surface area contributed by atoms with Crippen LogP contribution in [0.25, 0.3) is 0 Å². The Morgan fingerprint density at radius 3 is 2.52 bits per heavy atom. The fourth-order valence-electron chi connectivity index (χ4n) is 2.71. The molecule has 0 aliphatic rings. The minimum Gasteiger partial charge on any atom is -0.435 e. The van der Waals surface area contributed by atoms with Gasteiger partial charge >= 0.3 is 6.61 Å². The number of halogens is 2. The Morgan fingerprint density at radius 2 is 1.90 bits per heavy atom. The Labute approximate surface area is 169 Å². The standard InChI is InChI=1S/C21H26F2N4O2/c1-4-24-21(25-13-17-6-5-7-18(12-17)26-15(2)28)27(3)14-16-8-10-19(11-9-16)29-20(22)23/h5-12,20H,4,13-14H2,1-3H3,(H,24,25)(H,26,28). The molecule has 0 bridgehead atoms. The molecule has 0 fully saturated rings. The van der Waals surface area contributed by atoms with Gasteiger partial charge in [0.2, 0.25) is 5.91 Å². The first-order valence-electron chi connectivity index (χ1n) is 9.27. The van der Waals surface area contributed by atoms with Crippen LogP contribution in [-0.2, 0) is 17.9 Å². The van der Waals surface area contributed by atoms with E-state index in [0.717, 1.165) is 16.8 Å². The first-order valence-corrected chi connectivity index (χ1v) is 9.27. The van der Waals surface area contributed by atoms with Crippen molar-refractivity contribution in [3.05, 3.63) is 59.7 Å². The second-order valence-electron chi connectivity index (χ2n) is 6.43. The number of nitrogens with zero attached hydrogens (tertiary/aromatic N) is 2. The van der Waals surface area contributed by atoms with E-state index in [9.17, 15) is 13.6 Å². The van der Waals surface area contributed by atoms with Crippen LogP contribution in [0.2, 0.25) is 0 Å². The molecule has 0 unspecified atom stereocenters. The van der Waals surface area contributed by atoms with E-state index in [0.29, 0.717) is 25.6 Å². The van der Waals surface area contributed by atoms with Crippen LogP contribution in [0.5, 0.6) is 5.75 Å². The van der Waals surface area contributed by atoms with E-state index in [1.807, 2.05) is 43.1 Å². The average molecular weight is 404 g/mol. The maximum atomic E-state index is 12.3. The van der Waals surface area contributed by atoms with E-state index in [4.69, 9.17) is 0 Å². The summed E-state index contributed by atoms with van der Waals surface area (Å²) < 4.78 is 28.9. The molecule has 2 aromatic rings. The number of anilines is 1. The SMILES string of the molecule is CCNC(=NCc1cccc(NC(C)=O)c1)N(C)Cc1ccc(OC(F)F)cc1. The predicted octanol–water partition coefficient (Wildman–Crippen LogP) is 3.84. The monoisotopic (exact) mass is 404 g/mol. The third-order valence-electron chi connectivity index (χ3n) is 3.92. The zero-order valence-electron chi connectivity index (χ0n) is 16.8. The van der Waals surface area contributed by atoms with E-state index in [1.165, 1.54) is 19.1 Å². The molecule has 0 aromatic heterocycles. The lowest BCUT2D eigenvalue weighted by atomic mass is 10.2. The fraction of sp³-hybridized carbons (Fsp3) is 0.333. The van der Waals surface area contributed by atoms with Gasteiger partial charge in [-0.15, -0.1) is 0 Å². The molecule has 0 atom stereocenters. The summed E-state index contributed by atoms with van der Waals surface area (Å²) in [6.45, 7) is 2.32. The van der Waals surface area contributed by atoms with Gasteiger partial charge in [-0.3, -0.25) is 4.79 Å². The molecular weight excluding hydrogens is 378 g/mol. The minimum absolute atomic E-state index is 0.122. The smallest absolute Gasteiger partial charge is 0.387 e. The first kappa shape index (κ1) is 22.1. The lowest BCUT2D eigenvalue weighted by molar-refractivity contribution is -0.114. The minimum atomic E-state index is -2.83. The van der Waals surface area contributed by atoms with Crippen LogP contribution in [0.4, 0.5) is 14.5 Å². The molecule has 0 aliphatic heterocycles. The number of nitrogens with one attached hydrogen (secondary N) is 2. The van der Waals surface area contributed by atoms with Crippen LogP contribution < -0.4 is 15.4 Å². The number of ether oxygens (including phenoxy) is 1. The summed E-state index contributed by atoms with van der Waals surface area (Å²) in [6, 6.07) is 14.1. The molecule has 2 N–H and O–H groups in total. The molecule has 0 aliphatic carbocycles. The number of alkyl halides is 2. The predicted molar refractivity (Wildman–Crippen MR) is 110 cm³/mol. The van der Waals surface area contributed by atoms with Crippen molar-refractivity contribution in [3.8, 4) is 5.75 Å². The highest BCUT2D eigenvalue weighted by Gasteiger charge is 2.08. The lowest BCUT2D eigenvalue weighted by Crippen LogP contribution is -2.38. The van der Waals surface area contributed by atoms with E-state index >= 15 is 0 Å². The van der Waals surface area contributed by atoms with Gasteiger partial charge in [0.1, 0.15) is 5.75 Å². The van der Waals surface area contributed by atoms with Crippen molar-refractivity contribution in [2.24, 2.45) is 4.99 Å².